The Hall–Kier alpha value is -1.79. The average Bonchev–Trinajstić information content (AvgIpc) is 2.80. The third-order valence-electron chi connectivity index (χ3n) is 2.36. The van der Waals surface area contributed by atoms with Gasteiger partial charge in [-0.3, -0.25) is 4.79 Å². The van der Waals surface area contributed by atoms with Crippen molar-refractivity contribution in [2.75, 3.05) is 12.4 Å². The summed E-state index contributed by atoms with van der Waals surface area (Å²) in [7, 11) is 1.59. The van der Waals surface area contributed by atoms with Crippen molar-refractivity contribution in [3.05, 3.63) is 46.2 Å². The Bertz CT molecular complexity index is 571. The van der Waals surface area contributed by atoms with Gasteiger partial charge in [-0.05, 0) is 12.1 Å². The van der Waals surface area contributed by atoms with E-state index < -0.39 is 5.82 Å². The molecule has 1 N–H and O–H groups in total. The van der Waals surface area contributed by atoms with Crippen molar-refractivity contribution in [3.8, 4) is 0 Å². The van der Waals surface area contributed by atoms with Gasteiger partial charge in [0.1, 0.15) is 10.8 Å². The lowest BCUT2D eigenvalue weighted by Gasteiger charge is -2.04. The summed E-state index contributed by atoms with van der Waals surface area (Å²) in [5.41, 5.74) is 0.839. The van der Waals surface area contributed by atoms with Crippen molar-refractivity contribution in [3.63, 3.8) is 0 Å². The molecule has 0 atom stereocenters. The molecule has 0 saturated carbocycles. The van der Waals surface area contributed by atoms with E-state index in [9.17, 15) is 9.18 Å². The number of methoxy groups -OCH3 is 1. The zero-order valence-corrected chi connectivity index (χ0v) is 11.2. The van der Waals surface area contributed by atoms with Crippen molar-refractivity contribution >= 4 is 22.9 Å². The van der Waals surface area contributed by atoms with Crippen LogP contribution in [0.1, 0.15) is 10.7 Å². The Labute approximate surface area is 114 Å². The zero-order chi connectivity index (χ0) is 13.7. The highest BCUT2D eigenvalue weighted by Crippen LogP contribution is 2.14. The van der Waals surface area contributed by atoms with E-state index in [1.165, 1.54) is 23.5 Å². The molecule has 0 unspecified atom stereocenters. The van der Waals surface area contributed by atoms with Crippen LogP contribution in [0.2, 0.25) is 0 Å². The molecule has 1 aromatic heterocycles. The van der Waals surface area contributed by atoms with Gasteiger partial charge in [-0.15, -0.1) is 11.3 Å². The highest BCUT2D eigenvalue weighted by molar-refractivity contribution is 7.09. The fourth-order valence-electron chi connectivity index (χ4n) is 1.54. The number of anilines is 1. The van der Waals surface area contributed by atoms with E-state index in [1.54, 1.807) is 24.6 Å². The summed E-state index contributed by atoms with van der Waals surface area (Å²) >= 11 is 1.44. The predicted octanol–water partition coefficient (Wildman–Crippen LogP) is 2.61. The number of nitrogens with zero attached hydrogens (tertiary/aromatic N) is 1. The first-order valence-electron chi connectivity index (χ1n) is 5.65. The summed E-state index contributed by atoms with van der Waals surface area (Å²) in [5.74, 6) is -0.742. The molecule has 0 aliphatic carbocycles. The van der Waals surface area contributed by atoms with Gasteiger partial charge in [-0.2, -0.15) is 0 Å². The number of benzene rings is 1. The van der Waals surface area contributed by atoms with Gasteiger partial charge in [0.2, 0.25) is 5.91 Å². The predicted molar refractivity (Wildman–Crippen MR) is 71.6 cm³/mol. The van der Waals surface area contributed by atoms with E-state index in [1.807, 2.05) is 0 Å². The number of nitrogens with one attached hydrogen (secondary N) is 1. The van der Waals surface area contributed by atoms with Crippen molar-refractivity contribution < 1.29 is 13.9 Å². The number of hydrogen-bond acceptors (Lipinski definition) is 4. The Balaban J connectivity index is 1.95. The first kappa shape index (κ1) is 13.6. The second-order valence-electron chi connectivity index (χ2n) is 3.87. The molecule has 2 aromatic rings. The van der Waals surface area contributed by atoms with E-state index >= 15 is 0 Å². The number of rotatable bonds is 5. The molecular weight excluding hydrogens is 267 g/mol. The maximum absolute atomic E-state index is 13.3. The van der Waals surface area contributed by atoms with Gasteiger partial charge in [0, 0.05) is 12.5 Å². The summed E-state index contributed by atoms with van der Waals surface area (Å²) < 4.78 is 18.3. The molecule has 0 fully saturated rings. The minimum atomic E-state index is -0.450. The quantitative estimate of drug-likeness (QED) is 0.916. The van der Waals surface area contributed by atoms with Gasteiger partial charge in [-0.25, -0.2) is 9.37 Å². The highest BCUT2D eigenvalue weighted by Gasteiger charge is 2.09. The normalized spacial score (nSPS) is 10.4. The second-order valence-corrected chi connectivity index (χ2v) is 4.81. The second kappa shape index (κ2) is 6.40. The average molecular weight is 280 g/mol. The lowest BCUT2D eigenvalue weighted by atomic mass is 10.2. The minimum Gasteiger partial charge on any atom is -0.378 e. The molecular formula is C13H13FN2O2S. The van der Waals surface area contributed by atoms with E-state index in [2.05, 4.69) is 10.3 Å². The molecule has 4 nitrogen and oxygen atoms in total. The van der Waals surface area contributed by atoms with Gasteiger partial charge in [0.25, 0.3) is 0 Å². The molecule has 1 aromatic carbocycles. The van der Waals surface area contributed by atoms with Crippen molar-refractivity contribution in [1.29, 1.82) is 0 Å². The Morgan fingerprint density at radius 3 is 3.00 bits per heavy atom. The number of ether oxygens (including phenoxy) is 1. The Morgan fingerprint density at radius 1 is 1.47 bits per heavy atom. The SMILES string of the molecule is COCc1nc(CC(=O)Nc2ccccc2F)cs1. The van der Waals surface area contributed by atoms with Gasteiger partial charge in [0.15, 0.2) is 0 Å². The van der Waals surface area contributed by atoms with Crippen LogP contribution in [0.25, 0.3) is 0 Å². The minimum absolute atomic E-state index is 0.120. The molecule has 0 radical (unpaired) electrons. The summed E-state index contributed by atoms with van der Waals surface area (Å²) in [6.45, 7) is 0.430. The van der Waals surface area contributed by atoms with Crippen LogP contribution in [0.4, 0.5) is 10.1 Å². The van der Waals surface area contributed by atoms with Crippen LogP contribution in [0.5, 0.6) is 0 Å². The summed E-state index contributed by atoms with van der Waals surface area (Å²) in [6, 6.07) is 6.06. The van der Waals surface area contributed by atoms with Crippen LogP contribution in [0.3, 0.4) is 0 Å². The fourth-order valence-corrected chi connectivity index (χ4v) is 2.31. The number of hydrogen-bond donors (Lipinski definition) is 1. The van der Waals surface area contributed by atoms with Gasteiger partial charge in [0.05, 0.1) is 24.4 Å². The molecule has 100 valence electrons. The summed E-state index contributed by atoms with van der Waals surface area (Å²) in [5, 5.41) is 5.14. The van der Waals surface area contributed by atoms with Crippen LogP contribution >= 0.6 is 11.3 Å². The molecule has 1 amide bonds. The molecule has 1 heterocycles. The number of carbonyl (C=O) groups excluding carboxylic acids is 1. The monoisotopic (exact) mass is 280 g/mol. The molecule has 0 saturated heterocycles. The summed E-state index contributed by atoms with van der Waals surface area (Å²) in [6.07, 6.45) is 0.120. The molecule has 19 heavy (non-hydrogen) atoms. The van der Waals surface area contributed by atoms with E-state index in [0.29, 0.717) is 12.3 Å². The fraction of sp³-hybridized carbons (Fsp3) is 0.231. The largest absolute Gasteiger partial charge is 0.378 e. The smallest absolute Gasteiger partial charge is 0.230 e. The van der Waals surface area contributed by atoms with Crippen LogP contribution < -0.4 is 5.32 Å². The third-order valence-corrected chi connectivity index (χ3v) is 3.23. The maximum Gasteiger partial charge on any atom is 0.230 e. The number of para-hydroxylation sites is 1. The first-order chi connectivity index (χ1) is 9.19. The van der Waals surface area contributed by atoms with Crippen LogP contribution in [-0.2, 0) is 22.6 Å². The summed E-state index contributed by atoms with van der Waals surface area (Å²) in [4.78, 5) is 16.0. The van der Waals surface area contributed by atoms with E-state index in [4.69, 9.17) is 4.74 Å². The van der Waals surface area contributed by atoms with Crippen LogP contribution in [0.15, 0.2) is 29.6 Å². The van der Waals surface area contributed by atoms with Gasteiger partial charge >= 0.3 is 0 Å². The number of amides is 1. The van der Waals surface area contributed by atoms with Crippen LogP contribution in [0, 0.1) is 5.82 Å². The van der Waals surface area contributed by atoms with Crippen molar-refractivity contribution in [2.24, 2.45) is 0 Å². The Morgan fingerprint density at radius 2 is 2.26 bits per heavy atom. The molecule has 0 aliphatic rings. The lowest BCUT2D eigenvalue weighted by molar-refractivity contribution is -0.115. The number of aromatic nitrogens is 1. The molecule has 2 rings (SSSR count). The molecule has 0 aliphatic heterocycles. The van der Waals surface area contributed by atoms with Crippen molar-refractivity contribution in [1.82, 2.24) is 4.98 Å². The number of carbonyl (C=O) groups is 1. The van der Waals surface area contributed by atoms with Crippen LogP contribution in [-0.4, -0.2) is 18.0 Å². The lowest BCUT2D eigenvalue weighted by Crippen LogP contribution is -2.15. The molecule has 0 spiro atoms. The zero-order valence-electron chi connectivity index (χ0n) is 10.4. The molecule has 0 bridgehead atoms. The van der Waals surface area contributed by atoms with Gasteiger partial charge in [-0.1, -0.05) is 12.1 Å². The maximum atomic E-state index is 13.3. The standard InChI is InChI=1S/C13H13FN2O2S/c1-18-7-13-15-9(8-19-13)6-12(17)16-11-5-3-2-4-10(11)14/h2-5,8H,6-7H2,1H3,(H,16,17). The third kappa shape index (κ3) is 3.84. The number of halogens is 1. The highest BCUT2D eigenvalue weighted by atomic mass is 32.1. The van der Waals surface area contributed by atoms with Crippen molar-refractivity contribution in [2.45, 2.75) is 13.0 Å². The topological polar surface area (TPSA) is 51.2 Å². The first-order valence-corrected chi connectivity index (χ1v) is 6.53. The van der Waals surface area contributed by atoms with Gasteiger partial charge < -0.3 is 10.1 Å². The van der Waals surface area contributed by atoms with E-state index in [0.717, 1.165) is 5.01 Å². The Kier molecular flexibility index (Phi) is 4.59. The molecule has 6 heteroatoms. The number of thiazole rings is 1. The van der Waals surface area contributed by atoms with E-state index in [-0.39, 0.29) is 18.0 Å².